The summed E-state index contributed by atoms with van der Waals surface area (Å²) in [6.45, 7) is 7.52. The Kier molecular flexibility index (Phi) is 4.59. The van der Waals surface area contributed by atoms with Gasteiger partial charge in [-0.3, -0.25) is 15.0 Å². The molecule has 3 N–H and O–H groups in total. The minimum atomic E-state index is -0.440. The molecule has 1 aliphatic heterocycles. The fourth-order valence-corrected chi connectivity index (χ4v) is 4.65. The summed E-state index contributed by atoms with van der Waals surface area (Å²) in [6.07, 6.45) is 2.92. The summed E-state index contributed by atoms with van der Waals surface area (Å²) in [7, 11) is 0. The van der Waals surface area contributed by atoms with Crippen LogP contribution in [0.3, 0.4) is 0 Å². The van der Waals surface area contributed by atoms with Crippen molar-refractivity contribution < 1.29 is 9.59 Å². The molecule has 1 fully saturated rings. The molecule has 2 aliphatic rings. The van der Waals surface area contributed by atoms with E-state index >= 15 is 0 Å². The van der Waals surface area contributed by atoms with Gasteiger partial charge >= 0.3 is 6.03 Å². The zero-order valence-electron chi connectivity index (χ0n) is 13.7. The van der Waals surface area contributed by atoms with E-state index in [1.807, 2.05) is 4.90 Å². The highest BCUT2D eigenvalue weighted by Gasteiger charge is 2.28. The molecule has 0 radical (unpaired) electrons. The molecule has 23 heavy (non-hydrogen) atoms. The van der Waals surface area contributed by atoms with E-state index < -0.39 is 5.91 Å². The number of primary amides is 1. The predicted molar refractivity (Wildman–Crippen MR) is 92.2 cm³/mol. The number of anilines is 1. The number of carbonyl (C=O) groups is 2. The molecule has 1 aromatic heterocycles. The van der Waals surface area contributed by atoms with Crippen LogP contribution in [0, 0.1) is 0 Å². The number of fused-ring (bicyclic) bond motifs is 1. The first-order valence-electron chi connectivity index (χ1n) is 8.21. The third-order valence-electron chi connectivity index (χ3n) is 4.72. The van der Waals surface area contributed by atoms with Gasteiger partial charge in [0.1, 0.15) is 5.00 Å². The number of hydrogen-bond donors (Lipinski definition) is 2. The second-order valence-corrected chi connectivity index (χ2v) is 7.58. The Hall–Kier alpha value is -1.60. The highest BCUT2D eigenvalue weighted by Crippen LogP contribution is 2.38. The van der Waals surface area contributed by atoms with Gasteiger partial charge in [-0.15, -0.1) is 11.3 Å². The van der Waals surface area contributed by atoms with Crippen LogP contribution in [-0.2, 0) is 12.8 Å². The van der Waals surface area contributed by atoms with Gasteiger partial charge in [0.25, 0.3) is 5.91 Å². The topological polar surface area (TPSA) is 78.7 Å². The lowest BCUT2D eigenvalue weighted by molar-refractivity contribution is 0.100. The molecule has 126 valence electrons. The van der Waals surface area contributed by atoms with Crippen LogP contribution in [0.4, 0.5) is 9.80 Å². The van der Waals surface area contributed by atoms with Crippen LogP contribution in [-0.4, -0.2) is 54.0 Å². The van der Waals surface area contributed by atoms with E-state index in [1.165, 1.54) is 16.2 Å². The van der Waals surface area contributed by atoms with Crippen molar-refractivity contribution in [1.29, 1.82) is 0 Å². The van der Waals surface area contributed by atoms with Crippen molar-refractivity contribution in [1.82, 2.24) is 9.80 Å². The first kappa shape index (κ1) is 16.3. The Bertz CT molecular complexity index is 618. The van der Waals surface area contributed by atoms with Crippen molar-refractivity contribution in [2.24, 2.45) is 5.73 Å². The fraction of sp³-hybridized carbons (Fsp3) is 0.625. The molecule has 1 aliphatic carbocycles. The number of thiophene rings is 1. The van der Waals surface area contributed by atoms with Crippen molar-refractivity contribution in [3.05, 3.63) is 16.0 Å². The fourth-order valence-electron chi connectivity index (χ4n) is 3.37. The number of urea groups is 1. The third-order valence-corrected chi connectivity index (χ3v) is 5.93. The molecule has 1 saturated heterocycles. The zero-order valence-corrected chi connectivity index (χ0v) is 14.5. The van der Waals surface area contributed by atoms with E-state index in [0.29, 0.717) is 29.7 Å². The molecular weight excluding hydrogens is 312 g/mol. The molecule has 1 aromatic rings. The minimum absolute atomic E-state index is 0.129. The van der Waals surface area contributed by atoms with Crippen molar-refractivity contribution in [3.63, 3.8) is 0 Å². The van der Waals surface area contributed by atoms with Crippen molar-refractivity contribution in [2.45, 2.75) is 39.2 Å². The van der Waals surface area contributed by atoms with Gasteiger partial charge in [0.2, 0.25) is 0 Å². The SMILES string of the molecule is CC(C)N1CCN(C(=O)Nc2sc3c(c2C(N)=O)CCC3)CC1. The molecule has 3 amide bonds. The molecule has 0 saturated carbocycles. The first-order valence-corrected chi connectivity index (χ1v) is 9.03. The summed E-state index contributed by atoms with van der Waals surface area (Å²) < 4.78 is 0. The average Bonchev–Trinajstić information content (AvgIpc) is 3.07. The first-order chi connectivity index (χ1) is 11.0. The molecule has 2 heterocycles. The second-order valence-electron chi connectivity index (χ2n) is 6.47. The monoisotopic (exact) mass is 336 g/mol. The van der Waals surface area contributed by atoms with Crippen LogP contribution in [0.15, 0.2) is 0 Å². The Morgan fingerprint density at radius 3 is 2.48 bits per heavy atom. The number of nitrogens with two attached hydrogens (primary N) is 1. The summed E-state index contributed by atoms with van der Waals surface area (Å²) in [5.41, 5.74) is 7.10. The standard InChI is InChI=1S/C16H24N4O2S/c1-10(2)19-6-8-20(9-7-19)16(22)18-15-13(14(17)21)11-4-3-5-12(11)23-15/h10H,3-9H2,1-2H3,(H2,17,21)(H,18,22). The molecular formula is C16H24N4O2S. The molecule has 3 rings (SSSR count). The quantitative estimate of drug-likeness (QED) is 0.885. The van der Waals surface area contributed by atoms with Crippen LogP contribution in [0.1, 0.15) is 41.1 Å². The lowest BCUT2D eigenvalue weighted by Gasteiger charge is -2.36. The summed E-state index contributed by atoms with van der Waals surface area (Å²) in [5.74, 6) is -0.440. The average molecular weight is 336 g/mol. The van der Waals surface area contributed by atoms with E-state index in [9.17, 15) is 9.59 Å². The number of hydrogen-bond acceptors (Lipinski definition) is 4. The maximum absolute atomic E-state index is 12.5. The second kappa shape index (κ2) is 6.49. The largest absolute Gasteiger partial charge is 0.365 e. The molecule has 0 spiro atoms. The normalized spacial score (nSPS) is 18.3. The van der Waals surface area contributed by atoms with Crippen molar-refractivity contribution in [2.75, 3.05) is 31.5 Å². The predicted octanol–water partition coefficient (Wildman–Crippen LogP) is 1.89. The van der Waals surface area contributed by atoms with E-state index in [-0.39, 0.29) is 6.03 Å². The highest BCUT2D eigenvalue weighted by molar-refractivity contribution is 7.17. The van der Waals surface area contributed by atoms with Crippen LogP contribution >= 0.6 is 11.3 Å². The Morgan fingerprint density at radius 2 is 1.87 bits per heavy atom. The van der Waals surface area contributed by atoms with Gasteiger partial charge in [-0.05, 0) is 38.7 Å². The zero-order chi connectivity index (χ0) is 16.6. The lowest BCUT2D eigenvalue weighted by atomic mass is 10.1. The Morgan fingerprint density at radius 1 is 1.17 bits per heavy atom. The molecule has 0 bridgehead atoms. The molecule has 6 nitrogen and oxygen atoms in total. The smallest absolute Gasteiger partial charge is 0.322 e. The Balaban J connectivity index is 1.68. The van der Waals surface area contributed by atoms with Gasteiger partial charge < -0.3 is 10.6 Å². The third kappa shape index (κ3) is 3.21. The van der Waals surface area contributed by atoms with Gasteiger partial charge in [0, 0.05) is 37.1 Å². The molecule has 0 aromatic carbocycles. The number of aryl methyl sites for hydroxylation is 1. The number of rotatable bonds is 3. The number of carbonyl (C=O) groups excluding carboxylic acids is 2. The summed E-state index contributed by atoms with van der Waals surface area (Å²) in [6, 6.07) is 0.373. The van der Waals surface area contributed by atoms with E-state index in [0.717, 1.165) is 37.9 Å². The molecule has 0 unspecified atom stereocenters. The highest BCUT2D eigenvalue weighted by atomic mass is 32.1. The maximum Gasteiger partial charge on any atom is 0.322 e. The Labute approximate surface area is 140 Å². The van der Waals surface area contributed by atoms with Crippen LogP contribution in [0.25, 0.3) is 0 Å². The van der Waals surface area contributed by atoms with E-state index in [1.54, 1.807) is 0 Å². The maximum atomic E-state index is 12.5. The van der Waals surface area contributed by atoms with E-state index in [2.05, 4.69) is 24.1 Å². The van der Waals surface area contributed by atoms with Crippen LogP contribution in [0.5, 0.6) is 0 Å². The number of piperazine rings is 1. The van der Waals surface area contributed by atoms with E-state index in [4.69, 9.17) is 5.73 Å². The number of nitrogens with one attached hydrogen (secondary N) is 1. The van der Waals surface area contributed by atoms with Crippen molar-refractivity contribution in [3.8, 4) is 0 Å². The van der Waals surface area contributed by atoms with Crippen molar-refractivity contribution >= 4 is 28.3 Å². The lowest BCUT2D eigenvalue weighted by Crippen LogP contribution is -2.51. The van der Waals surface area contributed by atoms with Gasteiger partial charge in [-0.2, -0.15) is 0 Å². The number of nitrogens with zero attached hydrogens (tertiary/aromatic N) is 2. The summed E-state index contributed by atoms with van der Waals surface area (Å²) in [4.78, 5) is 29.6. The van der Waals surface area contributed by atoms with Gasteiger partial charge in [0.05, 0.1) is 5.56 Å². The number of amides is 3. The summed E-state index contributed by atoms with van der Waals surface area (Å²) in [5, 5.41) is 3.54. The molecule has 7 heteroatoms. The van der Waals surface area contributed by atoms with Crippen LogP contribution in [0.2, 0.25) is 0 Å². The van der Waals surface area contributed by atoms with Gasteiger partial charge in [0.15, 0.2) is 0 Å². The van der Waals surface area contributed by atoms with Crippen LogP contribution < -0.4 is 11.1 Å². The van der Waals surface area contributed by atoms with Gasteiger partial charge in [-0.1, -0.05) is 0 Å². The molecule has 0 atom stereocenters. The minimum Gasteiger partial charge on any atom is -0.365 e. The van der Waals surface area contributed by atoms with Gasteiger partial charge in [-0.25, -0.2) is 4.79 Å². The summed E-state index contributed by atoms with van der Waals surface area (Å²) >= 11 is 1.50.